The quantitative estimate of drug-likeness (QED) is 0.580. The van der Waals surface area contributed by atoms with Crippen LogP contribution in [0, 0.1) is 0 Å². The minimum Gasteiger partial charge on any atom is -0.493 e. The molecule has 1 aromatic carbocycles. The Morgan fingerprint density at radius 2 is 1.42 bits per heavy atom. The zero-order valence-electron chi connectivity index (χ0n) is 17.8. The summed E-state index contributed by atoms with van der Waals surface area (Å²) < 4.78 is 18.5. The first-order valence-electron chi connectivity index (χ1n) is 9.74. The highest BCUT2D eigenvalue weighted by atomic mass is 35.5. The number of pyridine rings is 1. The average molecular weight is 467 g/mol. The van der Waals surface area contributed by atoms with E-state index in [0.717, 1.165) is 48.2 Å². The molecule has 1 N–H and O–H groups in total. The van der Waals surface area contributed by atoms with Gasteiger partial charge in [0.05, 0.1) is 33.6 Å². The van der Waals surface area contributed by atoms with Crippen LogP contribution in [0.15, 0.2) is 43.0 Å². The summed E-state index contributed by atoms with van der Waals surface area (Å²) in [5.74, 6) is 1.81. The molecule has 3 aromatic rings. The van der Waals surface area contributed by atoms with Crippen molar-refractivity contribution in [1.29, 1.82) is 0 Å². The van der Waals surface area contributed by atoms with E-state index in [1.807, 2.05) is 30.7 Å². The Kier molecular flexibility index (Phi) is 8.98. The lowest BCUT2D eigenvalue weighted by atomic mass is 10.0. The number of nitrogens with one attached hydrogen (secondary N) is 1. The number of rotatable bonds is 6. The zero-order valence-corrected chi connectivity index (χ0v) is 19.5. The summed E-state index contributed by atoms with van der Waals surface area (Å²) in [6, 6.07) is 6.43. The summed E-state index contributed by atoms with van der Waals surface area (Å²) in [6.45, 7) is 2.08. The van der Waals surface area contributed by atoms with Gasteiger partial charge in [0.2, 0.25) is 5.75 Å². The van der Waals surface area contributed by atoms with E-state index in [0.29, 0.717) is 23.3 Å². The van der Waals surface area contributed by atoms with E-state index < -0.39 is 0 Å². The number of aromatic nitrogens is 3. The Bertz CT molecular complexity index is 965. The normalized spacial score (nSPS) is 13.6. The number of benzene rings is 1. The fourth-order valence-corrected chi connectivity index (χ4v) is 3.76. The summed E-state index contributed by atoms with van der Waals surface area (Å²) in [6.07, 6.45) is 9.94. The number of methoxy groups -OCH3 is 3. The first kappa shape index (κ1) is 24.8. The van der Waals surface area contributed by atoms with E-state index in [-0.39, 0.29) is 24.8 Å². The van der Waals surface area contributed by atoms with Crippen LogP contribution in [0.4, 0.5) is 0 Å². The Balaban J connectivity index is 0.00000171. The molecule has 9 heteroatoms. The second-order valence-corrected chi connectivity index (χ2v) is 7.07. The second-order valence-electron chi connectivity index (χ2n) is 7.07. The van der Waals surface area contributed by atoms with E-state index in [2.05, 4.69) is 32.3 Å². The molecule has 3 heterocycles. The van der Waals surface area contributed by atoms with Crippen molar-refractivity contribution in [2.45, 2.75) is 18.9 Å². The fourth-order valence-electron chi connectivity index (χ4n) is 3.76. The molecule has 168 valence electrons. The monoisotopic (exact) mass is 466 g/mol. The molecule has 0 aliphatic carbocycles. The highest BCUT2D eigenvalue weighted by molar-refractivity contribution is 5.85. The van der Waals surface area contributed by atoms with E-state index in [1.165, 1.54) is 0 Å². The summed E-state index contributed by atoms with van der Waals surface area (Å²) in [4.78, 5) is 4.45. The lowest BCUT2D eigenvalue weighted by molar-refractivity contribution is 0.324. The van der Waals surface area contributed by atoms with Gasteiger partial charge in [0, 0.05) is 35.3 Å². The average Bonchev–Trinajstić information content (AvgIpc) is 3.29. The van der Waals surface area contributed by atoms with Gasteiger partial charge in [-0.15, -0.1) is 24.8 Å². The van der Waals surface area contributed by atoms with Crippen molar-refractivity contribution in [2.24, 2.45) is 0 Å². The van der Waals surface area contributed by atoms with Gasteiger partial charge in [-0.05, 0) is 49.7 Å². The third-order valence-electron chi connectivity index (χ3n) is 5.35. The van der Waals surface area contributed by atoms with Crippen LogP contribution in [0.3, 0.4) is 0 Å². The van der Waals surface area contributed by atoms with E-state index in [1.54, 1.807) is 21.3 Å². The molecule has 1 saturated heterocycles. The summed E-state index contributed by atoms with van der Waals surface area (Å²) >= 11 is 0. The minimum atomic E-state index is 0. The van der Waals surface area contributed by atoms with Gasteiger partial charge in [-0.25, -0.2) is 0 Å². The SMILES string of the molecule is COc1cc(-c2cncc(-c3cnn(C4CCNCC4)c3)c2)cc(OC)c1OC.Cl.Cl. The number of halogens is 2. The molecule has 0 bridgehead atoms. The van der Waals surface area contributed by atoms with Crippen LogP contribution in [-0.2, 0) is 0 Å². The van der Waals surface area contributed by atoms with Gasteiger partial charge in [0.1, 0.15) is 0 Å². The molecule has 0 saturated carbocycles. The number of hydrogen-bond acceptors (Lipinski definition) is 6. The van der Waals surface area contributed by atoms with E-state index in [9.17, 15) is 0 Å². The second kappa shape index (κ2) is 11.2. The molecule has 0 radical (unpaired) electrons. The maximum absolute atomic E-state index is 5.48. The molecule has 0 spiro atoms. The molecule has 0 atom stereocenters. The first-order chi connectivity index (χ1) is 14.2. The number of ether oxygens (including phenoxy) is 3. The largest absolute Gasteiger partial charge is 0.493 e. The number of piperidine rings is 1. The predicted octanol–water partition coefficient (Wildman–Crippen LogP) is 4.41. The molecule has 4 rings (SSSR count). The molecule has 7 nitrogen and oxygen atoms in total. The van der Waals surface area contributed by atoms with Crippen LogP contribution < -0.4 is 19.5 Å². The molecule has 1 fully saturated rings. The van der Waals surface area contributed by atoms with Crippen LogP contribution >= 0.6 is 24.8 Å². The van der Waals surface area contributed by atoms with Crippen molar-refractivity contribution in [1.82, 2.24) is 20.1 Å². The molecule has 0 amide bonds. The van der Waals surface area contributed by atoms with Gasteiger partial charge in [-0.2, -0.15) is 5.10 Å². The Labute approximate surface area is 194 Å². The maximum Gasteiger partial charge on any atom is 0.203 e. The van der Waals surface area contributed by atoms with Crippen molar-refractivity contribution < 1.29 is 14.2 Å². The smallest absolute Gasteiger partial charge is 0.203 e. The third kappa shape index (κ3) is 5.23. The van der Waals surface area contributed by atoms with Crippen molar-refractivity contribution in [3.8, 4) is 39.5 Å². The highest BCUT2D eigenvalue weighted by Crippen LogP contribution is 2.41. The van der Waals surface area contributed by atoms with E-state index in [4.69, 9.17) is 14.2 Å². The standard InChI is InChI=1S/C22H26N4O3.2ClH/c1-27-20-9-15(10-21(28-2)22(20)29-3)16-8-17(12-24-11-16)18-13-25-26(14-18)19-4-6-23-7-5-19;;/h8-14,19,23H,4-7H2,1-3H3;2*1H. The molecular formula is C22H28Cl2N4O3. The van der Waals surface area contributed by atoms with Gasteiger partial charge in [0.15, 0.2) is 11.5 Å². The maximum atomic E-state index is 5.48. The van der Waals surface area contributed by atoms with E-state index >= 15 is 0 Å². The molecular weight excluding hydrogens is 439 g/mol. The van der Waals surface area contributed by atoms with Crippen LogP contribution in [-0.4, -0.2) is 49.2 Å². The summed E-state index contributed by atoms with van der Waals surface area (Å²) in [7, 11) is 4.83. The van der Waals surface area contributed by atoms with Gasteiger partial charge < -0.3 is 19.5 Å². The topological polar surface area (TPSA) is 70.4 Å². The molecule has 0 unspecified atom stereocenters. The molecule has 2 aromatic heterocycles. The number of hydrogen-bond donors (Lipinski definition) is 1. The molecule has 1 aliphatic rings. The van der Waals surface area contributed by atoms with Gasteiger partial charge in [-0.1, -0.05) is 0 Å². The first-order valence-corrected chi connectivity index (χ1v) is 9.74. The third-order valence-corrected chi connectivity index (χ3v) is 5.35. The number of nitrogens with zero attached hydrogens (tertiary/aromatic N) is 3. The Hall–Kier alpha value is -2.48. The van der Waals surface area contributed by atoms with Crippen molar-refractivity contribution >= 4 is 24.8 Å². The Morgan fingerprint density at radius 1 is 0.806 bits per heavy atom. The van der Waals surface area contributed by atoms with Crippen LogP contribution in [0.5, 0.6) is 17.2 Å². The molecule has 31 heavy (non-hydrogen) atoms. The zero-order chi connectivity index (χ0) is 20.2. The fraction of sp³-hybridized carbons (Fsp3) is 0.364. The Morgan fingerprint density at radius 3 is 2.00 bits per heavy atom. The van der Waals surface area contributed by atoms with Crippen molar-refractivity contribution in [3.05, 3.63) is 43.0 Å². The van der Waals surface area contributed by atoms with Gasteiger partial charge in [0.25, 0.3) is 0 Å². The van der Waals surface area contributed by atoms with Gasteiger partial charge in [-0.3, -0.25) is 9.67 Å². The summed E-state index contributed by atoms with van der Waals surface area (Å²) in [5, 5.41) is 8.00. The minimum absolute atomic E-state index is 0. The lowest BCUT2D eigenvalue weighted by Gasteiger charge is -2.22. The van der Waals surface area contributed by atoms with Gasteiger partial charge >= 0.3 is 0 Å². The predicted molar refractivity (Wildman–Crippen MR) is 126 cm³/mol. The summed E-state index contributed by atoms with van der Waals surface area (Å²) in [5.41, 5.74) is 4.00. The lowest BCUT2D eigenvalue weighted by Crippen LogP contribution is -2.29. The van der Waals surface area contributed by atoms with Crippen LogP contribution in [0.25, 0.3) is 22.3 Å². The van der Waals surface area contributed by atoms with Crippen LogP contribution in [0.1, 0.15) is 18.9 Å². The van der Waals surface area contributed by atoms with Crippen molar-refractivity contribution in [2.75, 3.05) is 34.4 Å². The van der Waals surface area contributed by atoms with Crippen LogP contribution in [0.2, 0.25) is 0 Å². The highest BCUT2D eigenvalue weighted by Gasteiger charge is 2.17. The molecule has 1 aliphatic heterocycles. The van der Waals surface area contributed by atoms with Crippen molar-refractivity contribution in [3.63, 3.8) is 0 Å².